The van der Waals surface area contributed by atoms with Gasteiger partial charge in [0.2, 0.25) is 0 Å². The number of hydrogen-bond donors (Lipinski definition) is 1. The highest BCUT2D eigenvalue weighted by Gasteiger charge is 2.42. The van der Waals surface area contributed by atoms with Crippen LogP contribution in [0, 0.1) is 38.5 Å². The van der Waals surface area contributed by atoms with Crippen molar-refractivity contribution in [3.63, 3.8) is 0 Å². The third kappa shape index (κ3) is 6.06. The van der Waals surface area contributed by atoms with Crippen molar-refractivity contribution in [1.82, 2.24) is 9.88 Å². The fraction of sp³-hybridized carbons (Fsp3) is 0.515. The van der Waals surface area contributed by atoms with Crippen molar-refractivity contribution in [3.05, 3.63) is 63.5 Å². The van der Waals surface area contributed by atoms with Crippen molar-refractivity contribution in [1.29, 1.82) is 0 Å². The van der Waals surface area contributed by atoms with Crippen LogP contribution >= 0.6 is 11.3 Å². The summed E-state index contributed by atoms with van der Waals surface area (Å²) in [4.78, 5) is 22.5. The van der Waals surface area contributed by atoms with E-state index < -0.39 is 0 Å². The number of aliphatic hydroxyl groups excluding tert-OH is 1. The van der Waals surface area contributed by atoms with Crippen molar-refractivity contribution in [2.45, 2.75) is 40.2 Å². The van der Waals surface area contributed by atoms with Gasteiger partial charge in [0, 0.05) is 42.7 Å². The van der Waals surface area contributed by atoms with Gasteiger partial charge >= 0.3 is 0 Å². The van der Waals surface area contributed by atoms with Gasteiger partial charge in [-0.25, -0.2) is 4.98 Å². The molecule has 3 aliphatic rings. The van der Waals surface area contributed by atoms with E-state index in [1.165, 1.54) is 12.8 Å². The van der Waals surface area contributed by atoms with Crippen LogP contribution in [0.15, 0.2) is 35.7 Å². The zero-order valence-electron chi connectivity index (χ0n) is 24.8. The number of aliphatic hydroxyl groups is 1. The van der Waals surface area contributed by atoms with Gasteiger partial charge in [-0.3, -0.25) is 4.79 Å². The number of benzene rings is 2. The molecule has 1 saturated carbocycles. The number of ether oxygens (including phenoxy) is 3. The summed E-state index contributed by atoms with van der Waals surface area (Å²) in [5.41, 5.74) is 7.03. The summed E-state index contributed by atoms with van der Waals surface area (Å²) in [6, 6.07) is 10.2. The van der Waals surface area contributed by atoms with Crippen LogP contribution in [0.25, 0.3) is 11.3 Å². The van der Waals surface area contributed by atoms with Crippen LogP contribution in [0.4, 0.5) is 5.13 Å². The molecule has 8 nitrogen and oxygen atoms in total. The topological polar surface area (TPSA) is 84.4 Å². The Kier molecular flexibility index (Phi) is 8.81. The Morgan fingerprint density at radius 2 is 1.79 bits per heavy atom. The monoisotopic (exact) mass is 591 g/mol. The molecule has 3 aromatic rings. The first-order valence-corrected chi connectivity index (χ1v) is 15.9. The number of anilines is 1. The Morgan fingerprint density at radius 1 is 1.07 bits per heavy atom. The average molecular weight is 592 g/mol. The van der Waals surface area contributed by atoms with E-state index in [9.17, 15) is 4.79 Å². The van der Waals surface area contributed by atoms with E-state index in [2.05, 4.69) is 43.2 Å². The Bertz CT molecular complexity index is 1380. The van der Waals surface area contributed by atoms with Gasteiger partial charge in [0.25, 0.3) is 5.91 Å². The number of carbonyl (C=O) groups is 1. The predicted molar refractivity (Wildman–Crippen MR) is 164 cm³/mol. The van der Waals surface area contributed by atoms with E-state index in [0.717, 1.165) is 63.0 Å². The molecule has 3 atom stereocenters. The molecule has 0 spiro atoms. The first-order chi connectivity index (χ1) is 20.4. The highest BCUT2D eigenvalue weighted by Crippen LogP contribution is 2.44. The smallest absolute Gasteiger partial charge is 0.254 e. The number of fused-ring (bicyclic) bond motifs is 2. The van der Waals surface area contributed by atoms with Crippen LogP contribution in [-0.2, 0) is 16.1 Å². The Labute approximate surface area is 252 Å². The van der Waals surface area contributed by atoms with Gasteiger partial charge in [0.15, 0.2) is 5.13 Å². The van der Waals surface area contributed by atoms with Gasteiger partial charge in [-0.15, -0.1) is 11.3 Å². The molecule has 0 radical (unpaired) electrons. The molecule has 6 rings (SSSR count). The highest BCUT2D eigenvalue weighted by atomic mass is 32.1. The number of aromatic nitrogens is 1. The Morgan fingerprint density at radius 3 is 2.48 bits per heavy atom. The van der Waals surface area contributed by atoms with Crippen molar-refractivity contribution in [2.24, 2.45) is 17.8 Å². The lowest BCUT2D eigenvalue weighted by atomic mass is 9.86. The van der Waals surface area contributed by atoms with Crippen molar-refractivity contribution in [3.8, 4) is 17.0 Å². The lowest BCUT2D eigenvalue weighted by molar-refractivity contribution is -0.0315. The number of hydrogen-bond acceptors (Lipinski definition) is 8. The van der Waals surface area contributed by atoms with Crippen molar-refractivity contribution >= 4 is 22.4 Å². The van der Waals surface area contributed by atoms with Gasteiger partial charge in [0.1, 0.15) is 19.1 Å². The molecule has 2 aliphatic heterocycles. The minimum Gasteiger partial charge on any atom is -0.488 e. The first-order valence-electron chi connectivity index (χ1n) is 15.0. The van der Waals surface area contributed by atoms with Gasteiger partial charge in [0.05, 0.1) is 25.5 Å². The fourth-order valence-corrected chi connectivity index (χ4v) is 7.74. The number of thiazole rings is 1. The highest BCUT2D eigenvalue weighted by molar-refractivity contribution is 7.14. The van der Waals surface area contributed by atoms with Crippen LogP contribution in [0.2, 0.25) is 0 Å². The molecule has 1 unspecified atom stereocenters. The van der Waals surface area contributed by atoms with Crippen molar-refractivity contribution < 1.29 is 24.1 Å². The van der Waals surface area contributed by atoms with Crippen LogP contribution in [-0.4, -0.2) is 73.7 Å². The predicted octanol–water partition coefficient (Wildman–Crippen LogP) is 5.22. The number of rotatable bonds is 9. The van der Waals surface area contributed by atoms with E-state index in [4.69, 9.17) is 24.3 Å². The molecule has 1 amide bonds. The fourth-order valence-electron chi connectivity index (χ4n) is 6.90. The Balaban J connectivity index is 1.16. The molecule has 2 saturated heterocycles. The lowest BCUT2D eigenvalue weighted by Crippen LogP contribution is -2.43. The minimum atomic E-state index is -0.199. The van der Waals surface area contributed by atoms with Crippen LogP contribution in [0.3, 0.4) is 0 Å². The molecule has 1 aromatic heterocycles. The summed E-state index contributed by atoms with van der Waals surface area (Å²) < 4.78 is 17.3. The largest absolute Gasteiger partial charge is 0.488 e. The average Bonchev–Trinajstić information content (AvgIpc) is 3.57. The second-order valence-corrected chi connectivity index (χ2v) is 12.8. The molecule has 42 heavy (non-hydrogen) atoms. The number of carbonyl (C=O) groups excluding carboxylic acids is 1. The quantitative estimate of drug-likeness (QED) is 0.342. The van der Waals surface area contributed by atoms with E-state index in [1.807, 2.05) is 23.1 Å². The molecule has 1 aliphatic carbocycles. The molecular formula is C33H41N3O5S. The maximum absolute atomic E-state index is 13.1. The van der Waals surface area contributed by atoms with E-state index in [0.29, 0.717) is 57.3 Å². The zero-order valence-corrected chi connectivity index (χ0v) is 25.6. The summed E-state index contributed by atoms with van der Waals surface area (Å²) in [5.74, 6) is 2.57. The third-order valence-corrected chi connectivity index (χ3v) is 10.1. The number of piperidine rings is 1. The second-order valence-electron chi connectivity index (χ2n) is 12.0. The summed E-state index contributed by atoms with van der Waals surface area (Å²) in [5, 5.41) is 12.3. The second kappa shape index (κ2) is 12.7. The number of amides is 1. The molecule has 2 bridgehead atoms. The summed E-state index contributed by atoms with van der Waals surface area (Å²) >= 11 is 1.70. The molecule has 3 heterocycles. The molecule has 1 N–H and O–H groups in total. The van der Waals surface area contributed by atoms with Crippen LogP contribution in [0.1, 0.15) is 45.5 Å². The molecule has 9 heteroatoms. The molecular weight excluding hydrogens is 550 g/mol. The van der Waals surface area contributed by atoms with Gasteiger partial charge in [-0.05, 0) is 92.3 Å². The zero-order chi connectivity index (χ0) is 29.2. The number of morpholine rings is 1. The van der Waals surface area contributed by atoms with Gasteiger partial charge in [-0.1, -0.05) is 11.6 Å². The minimum absolute atomic E-state index is 0.0628. The van der Waals surface area contributed by atoms with Crippen LogP contribution in [0.5, 0.6) is 5.75 Å². The number of nitrogens with zero attached hydrogens (tertiary/aromatic N) is 3. The van der Waals surface area contributed by atoms with E-state index >= 15 is 0 Å². The molecule has 2 aromatic carbocycles. The van der Waals surface area contributed by atoms with E-state index in [-0.39, 0.29) is 12.7 Å². The van der Waals surface area contributed by atoms with Crippen molar-refractivity contribution in [2.75, 3.05) is 57.7 Å². The SMILES string of the molecule is Cc1ccc(OCc2c(C)cc(C(=O)N3CCOCC3)cc2C)c(-c2csc(N3C[C@H]4CC[C@@H](C3)C4COCO)n2)c1. The molecule has 3 fully saturated rings. The molecule has 224 valence electrons. The summed E-state index contributed by atoms with van der Waals surface area (Å²) in [6.07, 6.45) is 2.44. The van der Waals surface area contributed by atoms with E-state index in [1.54, 1.807) is 11.3 Å². The standard InChI is InChI=1S/C33H41N3O5S/c1-21-4-7-31(41-18-28-22(2)13-26(14-23(28)3)32(38)35-8-10-39-11-9-35)27(12-21)30-19-42-33(34-30)36-15-24-5-6-25(16-36)29(24)17-40-20-37/h4,7,12-14,19,24-25,29,37H,5-6,8-11,15-18,20H2,1-3H3/t24-,25+,29?. The summed E-state index contributed by atoms with van der Waals surface area (Å²) in [7, 11) is 0. The maximum atomic E-state index is 13.1. The van der Waals surface area contributed by atoms with Gasteiger partial charge < -0.3 is 29.1 Å². The van der Waals surface area contributed by atoms with Gasteiger partial charge in [-0.2, -0.15) is 0 Å². The number of aryl methyl sites for hydroxylation is 3. The normalized spacial score (nSPS) is 22.0. The maximum Gasteiger partial charge on any atom is 0.254 e. The lowest BCUT2D eigenvalue weighted by Gasteiger charge is -2.37. The summed E-state index contributed by atoms with van der Waals surface area (Å²) in [6.45, 7) is 11.5. The third-order valence-electron chi connectivity index (χ3n) is 9.22. The first kappa shape index (κ1) is 29.1. The Hall–Kier alpha value is -2.98. The van der Waals surface area contributed by atoms with Crippen LogP contribution < -0.4 is 9.64 Å².